The highest BCUT2D eigenvalue weighted by Gasteiger charge is 2.55. The number of aliphatic hydroxyl groups excluding tert-OH is 14. The molecular weight excluding hydrogens is 624 g/mol. The zero-order chi connectivity index (χ0) is 33.3. The zero-order valence-electron chi connectivity index (χ0n) is 23.5. The van der Waals surface area contributed by atoms with Gasteiger partial charge in [-0.1, -0.05) is 0 Å². The Bertz CT molecular complexity index is 912. The smallest absolute Gasteiger partial charge is 0.187 e. The van der Waals surface area contributed by atoms with Gasteiger partial charge in [0, 0.05) is 0 Å². The van der Waals surface area contributed by atoms with E-state index in [0.29, 0.717) is 0 Å². The second-order valence-electron chi connectivity index (χ2n) is 11.1. The molecule has 0 aliphatic carbocycles. The minimum atomic E-state index is -2.02. The summed E-state index contributed by atoms with van der Waals surface area (Å²) >= 11 is 0. The molecule has 20 atom stereocenters. The molecule has 0 aromatic carbocycles. The fraction of sp³-hybridized carbons (Fsp3) is 1.00. The molecule has 14 N–H and O–H groups in total. The SMILES string of the molecule is OC[C@H]1O[C@H](O[C@H]2[C@H](O)[C@@H](O)[C@@H](O[C@H]3[C@H](O)[C@@H](O)[C@@H](O[C@@H]4[C@@H](O)[C@@H](O)O[C@H](CO)[C@H]4O)O[C@@H]3CO)O[C@@H]2CO)[C@H](O)[C@@H](O)[C@@H]1O. The van der Waals surface area contributed by atoms with E-state index in [-0.39, 0.29) is 0 Å². The van der Waals surface area contributed by atoms with Crippen molar-refractivity contribution < 1.29 is 105 Å². The molecule has 21 heteroatoms. The van der Waals surface area contributed by atoms with Gasteiger partial charge >= 0.3 is 0 Å². The van der Waals surface area contributed by atoms with Crippen LogP contribution in [0.4, 0.5) is 0 Å². The van der Waals surface area contributed by atoms with E-state index < -0.39 is 149 Å². The van der Waals surface area contributed by atoms with Crippen LogP contribution in [0.25, 0.3) is 0 Å². The highest BCUT2D eigenvalue weighted by molar-refractivity contribution is 4.97. The van der Waals surface area contributed by atoms with Crippen LogP contribution in [0.2, 0.25) is 0 Å². The van der Waals surface area contributed by atoms with E-state index >= 15 is 0 Å². The molecule has 4 rings (SSSR count). The van der Waals surface area contributed by atoms with Gasteiger partial charge in [0.15, 0.2) is 25.2 Å². The first-order valence-corrected chi connectivity index (χ1v) is 14.1. The maximum absolute atomic E-state index is 10.9. The summed E-state index contributed by atoms with van der Waals surface area (Å²) < 4.78 is 37.5. The standard InChI is InChI=1S/C24H42O21/c25-1-5-9(29)11(31)14(34)22(40-5)43-18-7(3-27)41-23(15(35)12(18)32)44-19-8(4-28)42-24(16(36)13(19)33)45-20-10(30)6(2-26)39-21(38)17(20)37/h5-38H,1-4H2/t5-,6-,7-,8-,9-,10-,11+,12-,13-,14-,15-,16-,17-,18-,19-,20+,21+,22-,23-,24-/m1/s1. The Morgan fingerprint density at radius 1 is 0.333 bits per heavy atom. The van der Waals surface area contributed by atoms with Gasteiger partial charge in [0.05, 0.1) is 26.4 Å². The van der Waals surface area contributed by atoms with Crippen molar-refractivity contribution in [2.75, 3.05) is 26.4 Å². The minimum Gasteiger partial charge on any atom is -0.394 e. The maximum atomic E-state index is 10.9. The van der Waals surface area contributed by atoms with Gasteiger partial charge in [0.2, 0.25) is 0 Å². The zero-order valence-corrected chi connectivity index (χ0v) is 23.5. The van der Waals surface area contributed by atoms with Crippen LogP contribution in [0.3, 0.4) is 0 Å². The van der Waals surface area contributed by atoms with Crippen molar-refractivity contribution in [1.29, 1.82) is 0 Å². The molecule has 264 valence electrons. The minimum absolute atomic E-state index is 0.782. The maximum Gasteiger partial charge on any atom is 0.187 e. The highest BCUT2D eigenvalue weighted by Crippen LogP contribution is 2.34. The number of hydrogen-bond acceptors (Lipinski definition) is 21. The third-order valence-corrected chi connectivity index (χ3v) is 8.20. The van der Waals surface area contributed by atoms with Gasteiger partial charge in [0.1, 0.15) is 97.7 Å². The molecule has 0 unspecified atom stereocenters. The molecule has 45 heavy (non-hydrogen) atoms. The number of ether oxygens (including phenoxy) is 7. The Morgan fingerprint density at radius 3 is 1.11 bits per heavy atom. The van der Waals surface area contributed by atoms with E-state index in [4.69, 9.17) is 33.2 Å². The van der Waals surface area contributed by atoms with Crippen LogP contribution in [0.5, 0.6) is 0 Å². The van der Waals surface area contributed by atoms with Gasteiger partial charge < -0.3 is 105 Å². The fourth-order valence-electron chi connectivity index (χ4n) is 5.54. The van der Waals surface area contributed by atoms with E-state index in [0.717, 1.165) is 0 Å². The molecule has 4 fully saturated rings. The Morgan fingerprint density at radius 2 is 0.689 bits per heavy atom. The van der Waals surface area contributed by atoms with Crippen LogP contribution >= 0.6 is 0 Å². The predicted octanol–water partition coefficient (Wildman–Crippen LogP) is -9.75. The van der Waals surface area contributed by atoms with E-state index in [2.05, 4.69) is 0 Å². The summed E-state index contributed by atoms with van der Waals surface area (Å²) in [6, 6.07) is 0. The number of hydrogen-bond donors (Lipinski definition) is 14. The van der Waals surface area contributed by atoms with Gasteiger partial charge in [-0.3, -0.25) is 0 Å². The van der Waals surface area contributed by atoms with Crippen molar-refractivity contribution >= 4 is 0 Å². The lowest BCUT2D eigenvalue weighted by atomic mass is 9.95. The molecule has 0 saturated carbocycles. The quantitative estimate of drug-likeness (QED) is 0.103. The van der Waals surface area contributed by atoms with E-state index in [9.17, 15) is 71.5 Å². The Labute approximate surface area is 254 Å². The average Bonchev–Trinajstić information content (AvgIpc) is 3.03. The van der Waals surface area contributed by atoms with E-state index in [1.54, 1.807) is 0 Å². The van der Waals surface area contributed by atoms with Crippen molar-refractivity contribution in [3.8, 4) is 0 Å². The molecule has 0 aromatic rings. The average molecular weight is 667 g/mol. The van der Waals surface area contributed by atoms with Crippen LogP contribution in [0, 0.1) is 0 Å². The molecule has 4 heterocycles. The highest BCUT2D eigenvalue weighted by atomic mass is 16.8. The van der Waals surface area contributed by atoms with Crippen LogP contribution in [-0.4, -0.2) is 221 Å². The molecule has 0 spiro atoms. The molecule has 21 nitrogen and oxygen atoms in total. The Kier molecular flexibility index (Phi) is 12.8. The summed E-state index contributed by atoms with van der Waals surface area (Å²) in [7, 11) is 0. The summed E-state index contributed by atoms with van der Waals surface area (Å²) in [6.45, 7) is -3.37. The van der Waals surface area contributed by atoms with Gasteiger partial charge in [-0.25, -0.2) is 0 Å². The second-order valence-corrected chi connectivity index (χ2v) is 11.1. The topological polar surface area (TPSA) is 348 Å². The number of aliphatic hydroxyl groups is 14. The third kappa shape index (κ3) is 7.44. The summed E-state index contributed by atoms with van der Waals surface area (Å²) in [5.41, 5.74) is 0. The van der Waals surface area contributed by atoms with Crippen molar-refractivity contribution in [3.63, 3.8) is 0 Å². The lowest BCUT2D eigenvalue weighted by Gasteiger charge is -2.48. The Hall–Kier alpha value is -0.840. The van der Waals surface area contributed by atoms with Crippen molar-refractivity contribution in [3.05, 3.63) is 0 Å². The Balaban J connectivity index is 1.43. The molecular formula is C24H42O21. The normalized spacial score (nSPS) is 52.9. The van der Waals surface area contributed by atoms with E-state index in [1.807, 2.05) is 0 Å². The van der Waals surface area contributed by atoms with Crippen LogP contribution in [0.15, 0.2) is 0 Å². The molecule has 0 amide bonds. The fourth-order valence-corrected chi connectivity index (χ4v) is 5.54. The summed E-state index contributed by atoms with van der Waals surface area (Å²) in [5.74, 6) is 0. The third-order valence-electron chi connectivity index (χ3n) is 8.20. The van der Waals surface area contributed by atoms with E-state index in [1.165, 1.54) is 0 Å². The lowest BCUT2D eigenvalue weighted by Crippen LogP contribution is -2.67. The van der Waals surface area contributed by atoms with Gasteiger partial charge in [-0.15, -0.1) is 0 Å². The number of rotatable bonds is 10. The first kappa shape index (κ1) is 37.0. The van der Waals surface area contributed by atoms with Crippen molar-refractivity contribution in [1.82, 2.24) is 0 Å². The first-order valence-electron chi connectivity index (χ1n) is 14.1. The molecule has 4 saturated heterocycles. The molecule has 0 radical (unpaired) electrons. The van der Waals surface area contributed by atoms with Crippen LogP contribution in [-0.2, 0) is 33.2 Å². The monoisotopic (exact) mass is 666 g/mol. The summed E-state index contributed by atoms with van der Waals surface area (Å²) in [4.78, 5) is 0. The van der Waals surface area contributed by atoms with Gasteiger partial charge in [-0.2, -0.15) is 0 Å². The predicted molar refractivity (Wildman–Crippen MR) is 134 cm³/mol. The summed E-state index contributed by atoms with van der Waals surface area (Å²) in [6.07, 6.45) is -35.4. The molecule has 0 bridgehead atoms. The van der Waals surface area contributed by atoms with Crippen LogP contribution in [0.1, 0.15) is 0 Å². The van der Waals surface area contributed by atoms with Crippen molar-refractivity contribution in [2.24, 2.45) is 0 Å². The molecule has 4 aliphatic heterocycles. The molecule has 4 aliphatic rings. The molecule has 0 aromatic heterocycles. The van der Waals surface area contributed by atoms with Crippen molar-refractivity contribution in [2.45, 2.75) is 123 Å². The van der Waals surface area contributed by atoms with Crippen LogP contribution < -0.4 is 0 Å². The van der Waals surface area contributed by atoms with Gasteiger partial charge in [0.25, 0.3) is 0 Å². The lowest BCUT2D eigenvalue weighted by molar-refractivity contribution is -0.387. The van der Waals surface area contributed by atoms with Gasteiger partial charge in [-0.05, 0) is 0 Å². The second kappa shape index (κ2) is 15.6. The largest absolute Gasteiger partial charge is 0.394 e. The summed E-state index contributed by atoms with van der Waals surface area (Å²) in [5, 5.41) is 142. The first-order chi connectivity index (χ1) is 21.3.